The number of alkyl halides is 1. The number of aromatic hydroxyl groups is 1. The lowest BCUT2D eigenvalue weighted by atomic mass is 9.78. The molecule has 1 aliphatic rings. The molecular formula is C13H16ClNO2. The van der Waals surface area contributed by atoms with E-state index in [1.807, 2.05) is 6.92 Å². The first-order chi connectivity index (χ1) is 8.06. The molecule has 2 N–H and O–H groups in total. The molecule has 0 bridgehead atoms. The number of nitrogens with one attached hydrogen (secondary N) is 1. The molecule has 1 fully saturated rings. The second kappa shape index (κ2) is 4.57. The molecule has 1 saturated carbocycles. The highest BCUT2D eigenvalue weighted by Gasteiger charge is 2.37. The number of benzene rings is 1. The van der Waals surface area contributed by atoms with Crippen LogP contribution in [0.5, 0.6) is 5.75 Å². The molecule has 0 radical (unpaired) electrons. The molecule has 0 aliphatic heterocycles. The Morgan fingerprint density at radius 1 is 1.53 bits per heavy atom. The summed E-state index contributed by atoms with van der Waals surface area (Å²) in [4.78, 5) is 12.1. The van der Waals surface area contributed by atoms with E-state index in [9.17, 15) is 9.90 Å². The average Bonchev–Trinajstić information content (AvgIpc) is 2.26. The highest BCUT2D eigenvalue weighted by Crippen LogP contribution is 2.33. The Morgan fingerprint density at radius 3 is 2.76 bits per heavy atom. The summed E-state index contributed by atoms with van der Waals surface area (Å²) >= 11 is 5.89. The van der Waals surface area contributed by atoms with Gasteiger partial charge in [-0.15, -0.1) is 11.6 Å². The van der Waals surface area contributed by atoms with Gasteiger partial charge in [0.1, 0.15) is 5.75 Å². The maximum absolute atomic E-state index is 12.1. The van der Waals surface area contributed by atoms with Crippen molar-refractivity contribution >= 4 is 17.5 Å². The molecule has 92 valence electrons. The van der Waals surface area contributed by atoms with Gasteiger partial charge in [0.25, 0.3) is 5.91 Å². The van der Waals surface area contributed by atoms with E-state index >= 15 is 0 Å². The number of hydrogen-bond donors (Lipinski definition) is 2. The number of amides is 1. The van der Waals surface area contributed by atoms with Crippen molar-refractivity contribution in [2.45, 2.75) is 31.7 Å². The molecule has 1 aromatic carbocycles. The van der Waals surface area contributed by atoms with Crippen LogP contribution in [0.2, 0.25) is 0 Å². The number of hydrogen-bond acceptors (Lipinski definition) is 2. The summed E-state index contributed by atoms with van der Waals surface area (Å²) in [7, 11) is 0. The van der Waals surface area contributed by atoms with Crippen molar-refractivity contribution in [3.8, 4) is 5.75 Å². The molecular weight excluding hydrogens is 238 g/mol. The van der Waals surface area contributed by atoms with E-state index in [1.54, 1.807) is 18.2 Å². The first-order valence-corrected chi connectivity index (χ1v) is 6.28. The summed E-state index contributed by atoms with van der Waals surface area (Å²) < 4.78 is 0. The van der Waals surface area contributed by atoms with Crippen molar-refractivity contribution in [2.24, 2.45) is 0 Å². The number of halogens is 1. The second-order valence-electron chi connectivity index (χ2n) is 4.74. The van der Waals surface area contributed by atoms with Crippen LogP contribution in [0.1, 0.15) is 35.2 Å². The summed E-state index contributed by atoms with van der Waals surface area (Å²) in [5.41, 5.74) is 0.998. The Kier molecular flexibility index (Phi) is 3.29. The molecule has 1 aliphatic carbocycles. The van der Waals surface area contributed by atoms with E-state index < -0.39 is 0 Å². The zero-order valence-electron chi connectivity index (χ0n) is 9.79. The average molecular weight is 254 g/mol. The minimum atomic E-state index is -0.269. The first-order valence-electron chi connectivity index (χ1n) is 5.74. The van der Waals surface area contributed by atoms with E-state index in [0.29, 0.717) is 11.4 Å². The minimum Gasteiger partial charge on any atom is -0.507 e. The van der Waals surface area contributed by atoms with Crippen LogP contribution in [0.15, 0.2) is 18.2 Å². The number of aryl methyl sites for hydroxylation is 1. The zero-order valence-corrected chi connectivity index (χ0v) is 10.5. The first kappa shape index (κ1) is 12.2. The number of carbonyl (C=O) groups excluding carboxylic acids is 1. The van der Waals surface area contributed by atoms with Gasteiger partial charge in [0.2, 0.25) is 0 Å². The van der Waals surface area contributed by atoms with Crippen LogP contribution in [0.25, 0.3) is 0 Å². The van der Waals surface area contributed by atoms with Crippen molar-refractivity contribution in [3.63, 3.8) is 0 Å². The van der Waals surface area contributed by atoms with Crippen molar-refractivity contribution in [3.05, 3.63) is 29.3 Å². The summed E-state index contributed by atoms with van der Waals surface area (Å²) in [6.07, 6.45) is 2.91. The predicted molar refractivity (Wildman–Crippen MR) is 67.6 cm³/mol. The monoisotopic (exact) mass is 253 g/mol. The highest BCUT2D eigenvalue weighted by molar-refractivity contribution is 6.19. The van der Waals surface area contributed by atoms with E-state index in [1.165, 1.54) is 0 Å². The van der Waals surface area contributed by atoms with Crippen molar-refractivity contribution < 1.29 is 9.90 Å². The van der Waals surface area contributed by atoms with Gasteiger partial charge in [-0.05, 0) is 38.3 Å². The third kappa shape index (κ3) is 2.39. The molecule has 17 heavy (non-hydrogen) atoms. The Bertz CT molecular complexity index is 436. The van der Waals surface area contributed by atoms with E-state index in [2.05, 4.69) is 5.32 Å². The third-order valence-corrected chi connectivity index (χ3v) is 3.85. The number of phenolic OH excluding ortho intramolecular Hbond substituents is 1. The van der Waals surface area contributed by atoms with Crippen LogP contribution < -0.4 is 5.32 Å². The third-order valence-electron chi connectivity index (χ3n) is 3.34. The molecule has 3 nitrogen and oxygen atoms in total. The summed E-state index contributed by atoms with van der Waals surface area (Å²) in [5.74, 6) is 0.189. The minimum absolute atomic E-state index is 0.0112. The fourth-order valence-electron chi connectivity index (χ4n) is 2.04. The molecule has 0 spiro atoms. The molecule has 0 aromatic heterocycles. The van der Waals surface area contributed by atoms with Gasteiger partial charge in [0, 0.05) is 5.88 Å². The summed E-state index contributed by atoms with van der Waals surface area (Å²) in [6, 6.07) is 5.00. The van der Waals surface area contributed by atoms with Crippen LogP contribution in [-0.2, 0) is 0 Å². The van der Waals surface area contributed by atoms with Crippen LogP contribution in [0, 0.1) is 6.92 Å². The zero-order chi connectivity index (χ0) is 12.5. The molecule has 0 unspecified atom stereocenters. The van der Waals surface area contributed by atoms with Gasteiger partial charge < -0.3 is 10.4 Å². The van der Waals surface area contributed by atoms with Crippen molar-refractivity contribution in [2.75, 3.05) is 5.88 Å². The maximum Gasteiger partial charge on any atom is 0.255 e. The molecule has 1 amide bonds. The Labute approximate surface area is 106 Å². The van der Waals surface area contributed by atoms with E-state index in [4.69, 9.17) is 11.6 Å². The van der Waals surface area contributed by atoms with Gasteiger partial charge in [-0.3, -0.25) is 4.79 Å². The number of carbonyl (C=O) groups is 1. The quantitative estimate of drug-likeness (QED) is 0.814. The smallest absolute Gasteiger partial charge is 0.255 e. The molecule has 1 aromatic rings. The van der Waals surface area contributed by atoms with Crippen LogP contribution >= 0.6 is 11.6 Å². The molecule has 4 heteroatoms. The highest BCUT2D eigenvalue weighted by atomic mass is 35.5. The molecule has 2 rings (SSSR count). The van der Waals surface area contributed by atoms with Gasteiger partial charge in [0.05, 0.1) is 11.1 Å². The lowest BCUT2D eigenvalue weighted by Crippen LogP contribution is -2.55. The van der Waals surface area contributed by atoms with Gasteiger partial charge in [-0.25, -0.2) is 0 Å². The molecule has 0 atom stereocenters. The lowest BCUT2D eigenvalue weighted by Gasteiger charge is -2.41. The maximum atomic E-state index is 12.1. The predicted octanol–water partition coefficient (Wildman–Crippen LogP) is 2.59. The largest absolute Gasteiger partial charge is 0.507 e. The van der Waals surface area contributed by atoms with Crippen LogP contribution in [0.4, 0.5) is 0 Å². The number of rotatable bonds is 3. The van der Waals surface area contributed by atoms with E-state index in [0.717, 1.165) is 24.8 Å². The van der Waals surface area contributed by atoms with Gasteiger partial charge in [-0.1, -0.05) is 11.6 Å². The Morgan fingerprint density at radius 2 is 2.24 bits per heavy atom. The Balaban J connectivity index is 2.17. The molecule has 0 heterocycles. The van der Waals surface area contributed by atoms with Crippen LogP contribution in [0.3, 0.4) is 0 Å². The normalized spacial score (nSPS) is 17.3. The fourth-order valence-corrected chi connectivity index (χ4v) is 2.37. The fraction of sp³-hybridized carbons (Fsp3) is 0.462. The Hall–Kier alpha value is -1.22. The molecule has 0 saturated heterocycles. The standard InChI is InChI=1S/C13H16ClNO2/c1-9-3-4-11(16)10(7-9)12(17)15-13(8-14)5-2-6-13/h3-4,7,16H,2,5-6,8H2,1H3,(H,15,17). The lowest BCUT2D eigenvalue weighted by molar-refractivity contribution is 0.0851. The van der Waals surface area contributed by atoms with Crippen LogP contribution in [-0.4, -0.2) is 22.4 Å². The topological polar surface area (TPSA) is 49.3 Å². The van der Waals surface area contributed by atoms with E-state index in [-0.39, 0.29) is 17.2 Å². The summed E-state index contributed by atoms with van der Waals surface area (Å²) in [6.45, 7) is 1.89. The van der Waals surface area contributed by atoms with Gasteiger partial charge in [0.15, 0.2) is 0 Å². The SMILES string of the molecule is Cc1ccc(O)c(C(=O)NC2(CCl)CCC2)c1. The van der Waals surface area contributed by atoms with Crippen molar-refractivity contribution in [1.82, 2.24) is 5.32 Å². The van der Waals surface area contributed by atoms with Crippen molar-refractivity contribution in [1.29, 1.82) is 0 Å². The van der Waals surface area contributed by atoms with Gasteiger partial charge >= 0.3 is 0 Å². The van der Waals surface area contributed by atoms with Gasteiger partial charge in [-0.2, -0.15) is 0 Å². The summed E-state index contributed by atoms with van der Waals surface area (Å²) in [5, 5.41) is 12.6. The second-order valence-corrected chi connectivity index (χ2v) is 5.01. The number of phenols is 1.